The van der Waals surface area contributed by atoms with E-state index < -0.39 is 0 Å². The van der Waals surface area contributed by atoms with E-state index in [-0.39, 0.29) is 5.92 Å². The molecule has 1 heterocycles. The van der Waals surface area contributed by atoms with Crippen LogP contribution in [-0.4, -0.2) is 17.4 Å². The zero-order chi connectivity index (χ0) is 11.5. The quantitative estimate of drug-likeness (QED) is 0.791. The average molecular weight is 238 g/mol. The minimum absolute atomic E-state index is 0.235. The van der Waals surface area contributed by atoms with E-state index in [1.54, 1.807) is 0 Å². The fraction of sp³-hybridized carbons (Fsp3) is 0.462. The highest BCUT2D eigenvalue weighted by molar-refractivity contribution is 6.30. The topological polar surface area (TPSA) is 20.3 Å². The van der Waals surface area contributed by atoms with Gasteiger partial charge in [-0.3, -0.25) is 4.79 Å². The number of hydrogen-bond donors (Lipinski definition) is 0. The van der Waals surface area contributed by atoms with E-state index in [0.29, 0.717) is 12.5 Å². The molecule has 0 aliphatic carbocycles. The summed E-state index contributed by atoms with van der Waals surface area (Å²) in [6.45, 7) is 3.64. The summed E-state index contributed by atoms with van der Waals surface area (Å²) in [7, 11) is 0. The maximum absolute atomic E-state index is 11.9. The van der Waals surface area contributed by atoms with Crippen molar-refractivity contribution in [1.82, 2.24) is 4.90 Å². The average Bonchev–Trinajstić information content (AvgIpc) is 2.60. The summed E-state index contributed by atoms with van der Waals surface area (Å²) >= 11 is 5.92. The van der Waals surface area contributed by atoms with E-state index in [1.165, 1.54) is 0 Å². The summed E-state index contributed by atoms with van der Waals surface area (Å²) in [4.78, 5) is 13.8. The zero-order valence-corrected chi connectivity index (χ0v) is 10.2. The number of benzene rings is 1. The molecule has 1 unspecified atom stereocenters. The molecule has 2 nitrogen and oxygen atoms in total. The molecule has 2 rings (SSSR count). The van der Waals surface area contributed by atoms with Crippen molar-refractivity contribution in [3.05, 3.63) is 34.9 Å². The van der Waals surface area contributed by atoms with Crippen LogP contribution in [0.25, 0.3) is 0 Å². The van der Waals surface area contributed by atoms with Crippen LogP contribution in [0.4, 0.5) is 0 Å². The number of hydrogen-bond acceptors (Lipinski definition) is 1. The molecule has 1 aromatic rings. The molecule has 86 valence electrons. The van der Waals surface area contributed by atoms with Gasteiger partial charge in [-0.1, -0.05) is 30.7 Å². The van der Waals surface area contributed by atoms with Crippen LogP contribution in [-0.2, 0) is 11.3 Å². The fourth-order valence-electron chi connectivity index (χ4n) is 2.19. The van der Waals surface area contributed by atoms with E-state index >= 15 is 0 Å². The number of likely N-dealkylation sites (tertiary alicyclic amines) is 1. The van der Waals surface area contributed by atoms with Crippen molar-refractivity contribution in [3.8, 4) is 0 Å². The smallest absolute Gasteiger partial charge is 0.226 e. The van der Waals surface area contributed by atoms with Gasteiger partial charge in [0.05, 0.1) is 0 Å². The first-order chi connectivity index (χ1) is 7.70. The second-order valence-corrected chi connectivity index (χ2v) is 4.72. The van der Waals surface area contributed by atoms with Crippen molar-refractivity contribution in [3.63, 3.8) is 0 Å². The third kappa shape index (κ3) is 2.38. The molecule has 1 saturated heterocycles. The van der Waals surface area contributed by atoms with Gasteiger partial charge in [0, 0.05) is 24.0 Å². The first-order valence-electron chi connectivity index (χ1n) is 5.74. The van der Waals surface area contributed by atoms with Gasteiger partial charge in [-0.25, -0.2) is 0 Å². The molecule has 0 aromatic heterocycles. The van der Waals surface area contributed by atoms with E-state index in [0.717, 1.165) is 30.0 Å². The van der Waals surface area contributed by atoms with E-state index in [1.807, 2.05) is 29.2 Å². The second kappa shape index (κ2) is 4.88. The first kappa shape index (κ1) is 11.5. The van der Waals surface area contributed by atoms with E-state index in [4.69, 9.17) is 11.6 Å². The predicted molar refractivity (Wildman–Crippen MR) is 65.3 cm³/mol. The Morgan fingerprint density at radius 3 is 2.94 bits per heavy atom. The lowest BCUT2D eigenvalue weighted by molar-refractivity contribution is -0.131. The fourth-order valence-corrected chi connectivity index (χ4v) is 2.41. The van der Waals surface area contributed by atoms with E-state index in [9.17, 15) is 4.79 Å². The van der Waals surface area contributed by atoms with Crippen molar-refractivity contribution >= 4 is 17.5 Å². The van der Waals surface area contributed by atoms with Crippen LogP contribution in [0.3, 0.4) is 0 Å². The van der Waals surface area contributed by atoms with Crippen LogP contribution in [0.1, 0.15) is 25.3 Å². The van der Waals surface area contributed by atoms with Crippen molar-refractivity contribution in [2.45, 2.75) is 26.3 Å². The number of amides is 1. The normalized spacial score (nSPS) is 20.5. The Morgan fingerprint density at radius 1 is 1.50 bits per heavy atom. The minimum Gasteiger partial charge on any atom is -0.338 e. The molecule has 1 aliphatic heterocycles. The molecule has 0 radical (unpaired) electrons. The molecular weight excluding hydrogens is 222 g/mol. The third-order valence-corrected chi connectivity index (χ3v) is 3.40. The lowest BCUT2D eigenvalue weighted by atomic mass is 10.1. The number of carbonyl (C=O) groups is 1. The molecule has 1 fully saturated rings. The van der Waals surface area contributed by atoms with Crippen molar-refractivity contribution in [1.29, 1.82) is 0 Å². The van der Waals surface area contributed by atoms with Crippen molar-refractivity contribution < 1.29 is 4.79 Å². The van der Waals surface area contributed by atoms with Gasteiger partial charge in [0.15, 0.2) is 0 Å². The van der Waals surface area contributed by atoms with Gasteiger partial charge >= 0.3 is 0 Å². The highest BCUT2D eigenvalue weighted by atomic mass is 35.5. The van der Waals surface area contributed by atoms with Gasteiger partial charge in [-0.15, -0.1) is 0 Å². The molecule has 3 heteroatoms. The Hall–Kier alpha value is -1.02. The van der Waals surface area contributed by atoms with Crippen LogP contribution in [0.15, 0.2) is 24.3 Å². The molecule has 1 aromatic carbocycles. The SMILES string of the molecule is CCC1CCN(Cc2cccc(Cl)c2)C1=O. The molecule has 16 heavy (non-hydrogen) atoms. The Balaban J connectivity index is 2.03. The summed E-state index contributed by atoms with van der Waals surface area (Å²) in [6.07, 6.45) is 1.95. The van der Waals surface area contributed by atoms with E-state index in [2.05, 4.69) is 6.92 Å². The molecule has 1 amide bonds. The first-order valence-corrected chi connectivity index (χ1v) is 6.11. The maximum atomic E-state index is 11.9. The lowest BCUT2D eigenvalue weighted by Crippen LogP contribution is -2.26. The number of rotatable bonds is 3. The molecule has 1 aliphatic rings. The zero-order valence-electron chi connectivity index (χ0n) is 9.45. The van der Waals surface area contributed by atoms with Gasteiger partial charge < -0.3 is 4.90 Å². The van der Waals surface area contributed by atoms with Crippen molar-refractivity contribution in [2.24, 2.45) is 5.92 Å². The highest BCUT2D eigenvalue weighted by Crippen LogP contribution is 2.23. The van der Waals surface area contributed by atoms with Gasteiger partial charge in [0.2, 0.25) is 5.91 Å². The standard InChI is InChI=1S/C13H16ClNO/c1-2-11-6-7-15(13(11)16)9-10-4-3-5-12(14)8-10/h3-5,8,11H,2,6-7,9H2,1H3. The molecule has 0 N–H and O–H groups in total. The molecular formula is C13H16ClNO. The van der Waals surface area contributed by atoms with Gasteiger partial charge in [-0.05, 0) is 30.5 Å². The second-order valence-electron chi connectivity index (χ2n) is 4.28. The molecule has 0 spiro atoms. The van der Waals surface area contributed by atoms with Gasteiger partial charge in [-0.2, -0.15) is 0 Å². The summed E-state index contributed by atoms with van der Waals surface area (Å²) in [6, 6.07) is 7.72. The molecule has 0 saturated carbocycles. The molecule has 0 bridgehead atoms. The van der Waals surface area contributed by atoms with Crippen LogP contribution in [0, 0.1) is 5.92 Å². The van der Waals surface area contributed by atoms with Gasteiger partial charge in [0.1, 0.15) is 0 Å². The maximum Gasteiger partial charge on any atom is 0.226 e. The van der Waals surface area contributed by atoms with Crippen LogP contribution >= 0.6 is 11.6 Å². The van der Waals surface area contributed by atoms with Crippen LogP contribution in [0.5, 0.6) is 0 Å². The third-order valence-electron chi connectivity index (χ3n) is 3.16. The van der Waals surface area contributed by atoms with Crippen LogP contribution in [0.2, 0.25) is 5.02 Å². The number of carbonyl (C=O) groups excluding carboxylic acids is 1. The van der Waals surface area contributed by atoms with Crippen LogP contribution < -0.4 is 0 Å². The monoisotopic (exact) mass is 237 g/mol. The Kier molecular flexibility index (Phi) is 3.49. The summed E-state index contributed by atoms with van der Waals surface area (Å²) in [5.74, 6) is 0.529. The number of halogens is 1. The van der Waals surface area contributed by atoms with Crippen molar-refractivity contribution in [2.75, 3.05) is 6.54 Å². The highest BCUT2D eigenvalue weighted by Gasteiger charge is 2.29. The minimum atomic E-state index is 0.235. The Morgan fingerprint density at radius 2 is 2.31 bits per heavy atom. The summed E-state index contributed by atoms with van der Waals surface area (Å²) in [5, 5.41) is 0.733. The van der Waals surface area contributed by atoms with Gasteiger partial charge in [0.25, 0.3) is 0 Å². The lowest BCUT2D eigenvalue weighted by Gasteiger charge is -2.16. The Labute approximate surface area is 101 Å². The number of nitrogens with zero attached hydrogens (tertiary/aromatic N) is 1. The largest absolute Gasteiger partial charge is 0.338 e. The summed E-state index contributed by atoms with van der Waals surface area (Å²) in [5.41, 5.74) is 1.11. The molecule has 1 atom stereocenters. The summed E-state index contributed by atoms with van der Waals surface area (Å²) < 4.78 is 0. The Bertz CT molecular complexity index is 391. The predicted octanol–water partition coefficient (Wildman–Crippen LogP) is 3.10.